The summed E-state index contributed by atoms with van der Waals surface area (Å²) in [7, 11) is -3.38. The molecular formula is C27H37N5O7S. The number of nitro groups is 1. The molecule has 40 heavy (non-hydrogen) atoms. The van der Waals surface area contributed by atoms with E-state index in [0.717, 1.165) is 25.5 Å². The van der Waals surface area contributed by atoms with E-state index >= 15 is 0 Å². The summed E-state index contributed by atoms with van der Waals surface area (Å²) < 4.78 is 35.3. The van der Waals surface area contributed by atoms with Gasteiger partial charge in [0.25, 0.3) is 5.88 Å². The molecule has 1 aromatic carbocycles. The highest BCUT2D eigenvalue weighted by Gasteiger charge is 2.36. The van der Waals surface area contributed by atoms with E-state index in [4.69, 9.17) is 9.47 Å². The van der Waals surface area contributed by atoms with E-state index < -0.39 is 20.4 Å². The van der Waals surface area contributed by atoms with Gasteiger partial charge < -0.3 is 19.7 Å². The average Bonchev–Trinajstić information content (AvgIpc) is 2.88. The van der Waals surface area contributed by atoms with E-state index in [1.807, 2.05) is 0 Å². The van der Waals surface area contributed by atoms with Gasteiger partial charge in [0, 0.05) is 37.9 Å². The number of benzene rings is 1. The fourth-order valence-electron chi connectivity index (χ4n) is 5.40. The molecule has 1 N–H and O–H groups in total. The molecule has 3 atom stereocenters. The summed E-state index contributed by atoms with van der Waals surface area (Å²) in [5.41, 5.74) is -0.0123. The van der Waals surface area contributed by atoms with Crippen LogP contribution in [-0.2, 0) is 14.6 Å². The van der Waals surface area contributed by atoms with Gasteiger partial charge in [0.2, 0.25) is 5.82 Å². The molecule has 1 aliphatic heterocycles. The molecule has 3 unspecified atom stereocenters. The third kappa shape index (κ3) is 7.18. The Labute approximate surface area is 234 Å². The summed E-state index contributed by atoms with van der Waals surface area (Å²) in [5.74, 6) is 1.08. The fourth-order valence-corrected chi connectivity index (χ4v) is 6.03. The number of rotatable bonds is 8. The number of carbonyl (C=O) groups excluding carboxylic acids is 1. The first-order chi connectivity index (χ1) is 18.9. The van der Waals surface area contributed by atoms with E-state index in [1.165, 1.54) is 30.6 Å². The second-order valence-electron chi connectivity index (χ2n) is 11.1. The lowest BCUT2D eigenvalue weighted by Gasteiger charge is -2.38. The zero-order chi connectivity index (χ0) is 29.0. The predicted octanol–water partition coefficient (Wildman–Crippen LogP) is 4.97. The van der Waals surface area contributed by atoms with Crippen LogP contribution < -0.4 is 10.1 Å². The van der Waals surface area contributed by atoms with E-state index in [1.54, 1.807) is 4.90 Å². The van der Waals surface area contributed by atoms with Crippen molar-refractivity contribution < 1.29 is 27.6 Å². The number of hydrogen-bond acceptors (Lipinski definition) is 10. The Morgan fingerprint density at radius 1 is 1.12 bits per heavy atom. The maximum absolute atomic E-state index is 13.0. The number of ether oxygens (including phenoxy) is 2. The summed E-state index contributed by atoms with van der Waals surface area (Å²) in [4.78, 5) is 34.1. The lowest BCUT2D eigenvalue weighted by Crippen LogP contribution is -2.45. The van der Waals surface area contributed by atoms with Crippen molar-refractivity contribution in [2.75, 3.05) is 24.7 Å². The van der Waals surface area contributed by atoms with Crippen molar-refractivity contribution >= 4 is 33.1 Å². The zero-order valence-electron chi connectivity index (χ0n) is 23.3. The van der Waals surface area contributed by atoms with Crippen LogP contribution in [-0.4, -0.2) is 65.9 Å². The van der Waals surface area contributed by atoms with Crippen molar-refractivity contribution in [3.8, 4) is 5.88 Å². The van der Waals surface area contributed by atoms with Crippen molar-refractivity contribution in [1.82, 2.24) is 14.9 Å². The molecule has 1 saturated heterocycles. The van der Waals surface area contributed by atoms with Gasteiger partial charge in [-0.2, -0.15) is 4.98 Å². The van der Waals surface area contributed by atoms with Crippen LogP contribution in [0, 0.1) is 27.9 Å². The molecule has 218 valence electrons. The van der Waals surface area contributed by atoms with Crippen LogP contribution in [0.2, 0.25) is 0 Å². The highest BCUT2D eigenvalue weighted by Crippen LogP contribution is 2.37. The topological polar surface area (TPSA) is 154 Å². The van der Waals surface area contributed by atoms with Crippen LogP contribution in [0.4, 0.5) is 22.0 Å². The lowest BCUT2D eigenvalue weighted by atomic mass is 9.75. The van der Waals surface area contributed by atoms with Crippen LogP contribution in [0.1, 0.15) is 52.9 Å². The molecule has 1 aromatic heterocycles. The van der Waals surface area contributed by atoms with Gasteiger partial charge in [-0.1, -0.05) is 27.2 Å². The minimum Gasteiger partial charge on any atom is -0.469 e. The molecule has 13 heteroatoms. The Kier molecular flexibility index (Phi) is 9.12. The molecule has 1 saturated carbocycles. The molecule has 0 radical (unpaired) electrons. The second-order valence-corrected chi connectivity index (χ2v) is 13.1. The van der Waals surface area contributed by atoms with Crippen molar-refractivity contribution in [2.45, 2.75) is 70.0 Å². The maximum atomic E-state index is 13.0. The number of aromatic nitrogens is 2. The molecule has 0 spiro atoms. The molecule has 2 aliphatic rings. The molecule has 12 nitrogen and oxygen atoms in total. The van der Waals surface area contributed by atoms with Crippen molar-refractivity contribution in [1.29, 1.82) is 0 Å². The number of anilines is 2. The van der Waals surface area contributed by atoms with Gasteiger partial charge in [0.05, 0.1) is 9.82 Å². The first kappa shape index (κ1) is 29.5. The number of likely N-dealkylation sites (tertiary alicyclic amines) is 1. The van der Waals surface area contributed by atoms with Gasteiger partial charge in [-0.15, -0.1) is 0 Å². The van der Waals surface area contributed by atoms with Gasteiger partial charge in [-0.05, 0) is 54.9 Å². The minimum absolute atomic E-state index is 0.0791. The first-order valence-electron chi connectivity index (χ1n) is 13.6. The fraction of sp³-hybridized carbons (Fsp3) is 0.593. The smallest absolute Gasteiger partial charge is 0.410 e. The third-order valence-electron chi connectivity index (χ3n) is 7.71. The number of nitrogens with one attached hydrogen (secondary N) is 1. The first-order valence-corrected chi connectivity index (χ1v) is 15.5. The van der Waals surface area contributed by atoms with Gasteiger partial charge in [-0.3, -0.25) is 10.1 Å². The quantitative estimate of drug-likeness (QED) is 0.337. The Bertz CT molecular complexity index is 1310. The molecule has 2 fully saturated rings. The molecular weight excluding hydrogens is 538 g/mol. The van der Waals surface area contributed by atoms with E-state index in [0.29, 0.717) is 49.4 Å². The van der Waals surface area contributed by atoms with Crippen LogP contribution in [0.5, 0.6) is 5.88 Å². The van der Waals surface area contributed by atoms with Crippen molar-refractivity contribution in [3.63, 3.8) is 0 Å². The lowest BCUT2D eigenvalue weighted by molar-refractivity contribution is -0.385. The maximum Gasteiger partial charge on any atom is 0.410 e. The summed E-state index contributed by atoms with van der Waals surface area (Å²) in [6.45, 7) is 7.37. The summed E-state index contributed by atoms with van der Waals surface area (Å²) >= 11 is 0. The number of sulfone groups is 1. The molecule has 2 aromatic rings. The van der Waals surface area contributed by atoms with E-state index in [-0.39, 0.29) is 34.9 Å². The average molecular weight is 576 g/mol. The van der Waals surface area contributed by atoms with Crippen LogP contribution >= 0.6 is 0 Å². The summed E-state index contributed by atoms with van der Waals surface area (Å²) in [6.07, 6.45) is 5.53. The second kappa shape index (κ2) is 12.4. The van der Waals surface area contributed by atoms with E-state index in [9.17, 15) is 23.3 Å². The molecule has 2 heterocycles. The van der Waals surface area contributed by atoms with Gasteiger partial charge in [-0.25, -0.2) is 18.2 Å². The van der Waals surface area contributed by atoms with Crippen LogP contribution in [0.3, 0.4) is 0 Å². The number of amides is 1. The number of hydrogen-bond donors (Lipinski definition) is 1. The van der Waals surface area contributed by atoms with Crippen molar-refractivity contribution in [3.05, 3.63) is 40.7 Å². The number of nitrogens with zero attached hydrogens (tertiary/aromatic N) is 4. The third-order valence-corrected chi connectivity index (χ3v) is 8.84. The summed E-state index contributed by atoms with van der Waals surface area (Å²) in [6, 6.07) is 5.79. The Morgan fingerprint density at radius 2 is 1.80 bits per heavy atom. The SMILES string of the molecule is CC1CCC(C(C)C)C(OC(=O)N2CCC(Oc3ncnc(Nc4ccc(S(C)(=O)=O)cc4)c3[N+](=O)[O-])CC2)C1. The minimum atomic E-state index is -3.38. The largest absolute Gasteiger partial charge is 0.469 e. The Morgan fingerprint density at radius 3 is 2.40 bits per heavy atom. The Hall–Kier alpha value is -3.48. The van der Waals surface area contributed by atoms with Crippen LogP contribution in [0.15, 0.2) is 35.5 Å². The van der Waals surface area contributed by atoms with Crippen molar-refractivity contribution in [2.24, 2.45) is 17.8 Å². The highest BCUT2D eigenvalue weighted by atomic mass is 32.2. The molecule has 4 rings (SSSR count). The van der Waals surface area contributed by atoms with Gasteiger partial charge in [0.15, 0.2) is 9.84 Å². The monoisotopic (exact) mass is 575 g/mol. The van der Waals surface area contributed by atoms with E-state index in [2.05, 4.69) is 36.1 Å². The summed E-state index contributed by atoms with van der Waals surface area (Å²) in [5, 5.41) is 14.8. The Balaban J connectivity index is 1.38. The van der Waals surface area contributed by atoms with Gasteiger partial charge >= 0.3 is 11.8 Å². The molecule has 1 aliphatic carbocycles. The highest BCUT2D eigenvalue weighted by molar-refractivity contribution is 7.90. The standard InChI is InChI=1S/C27H37N5O7S/c1-17(2)22-10-5-18(3)15-23(22)39-27(33)31-13-11-20(12-14-31)38-26-24(32(34)35)25(28-16-29-26)30-19-6-8-21(9-7-19)40(4,36)37/h6-9,16-18,20,22-23H,5,10-15H2,1-4H3,(H,28,29,30). The van der Waals surface area contributed by atoms with Crippen LogP contribution in [0.25, 0.3) is 0 Å². The molecule has 1 amide bonds. The number of piperidine rings is 1. The predicted molar refractivity (Wildman–Crippen MR) is 148 cm³/mol. The molecule has 0 bridgehead atoms. The normalized spacial score (nSPS) is 22.1. The number of carbonyl (C=O) groups is 1. The van der Waals surface area contributed by atoms with Gasteiger partial charge in [0.1, 0.15) is 18.5 Å². The zero-order valence-corrected chi connectivity index (χ0v) is 24.1.